The van der Waals surface area contributed by atoms with E-state index >= 15 is 0 Å². The van der Waals surface area contributed by atoms with Gasteiger partial charge in [-0.3, -0.25) is 9.69 Å². The molecule has 2 aromatic carbocycles. The van der Waals surface area contributed by atoms with Gasteiger partial charge in [0.25, 0.3) is 0 Å². The van der Waals surface area contributed by atoms with Crippen LogP contribution in [0.1, 0.15) is 36.5 Å². The number of hydrogen-bond donors (Lipinski definition) is 1. The Morgan fingerprint density at radius 2 is 1.77 bits per heavy atom. The van der Waals surface area contributed by atoms with Gasteiger partial charge < -0.3 is 14.9 Å². The number of aliphatic hydroxyl groups excluding tert-OH is 1. The molecule has 6 heteroatoms. The number of nitrogens with zero attached hydrogens (tertiary/aromatic N) is 3. The van der Waals surface area contributed by atoms with Crippen LogP contribution in [0.3, 0.4) is 0 Å². The van der Waals surface area contributed by atoms with Crippen LogP contribution in [0.25, 0.3) is 0 Å². The Labute approximate surface area is 183 Å². The van der Waals surface area contributed by atoms with E-state index in [-0.39, 0.29) is 17.6 Å². The van der Waals surface area contributed by atoms with Gasteiger partial charge >= 0.3 is 0 Å². The molecule has 5 rings (SSSR count). The molecule has 1 unspecified atom stereocenters. The van der Waals surface area contributed by atoms with Crippen LogP contribution in [0, 0.1) is 11.7 Å². The number of hydrogen-bond acceptors (Lipinski definition) is 4. The minimum Gasteiger partial charge on any atom is -0.387 e. The van der Waals surface area contributed by atoms with E-state index in [2.05, 4.69) is 15.9 Å². The summed E-state index contributed by atoms with van der Waals surface area (Å²) in [6.07, 6.45) is 3.44. The number of amides is 1. The van der Waals surface area contributed by atoms with Crippen LogP contribution in [0.2, 0.25) is 0 Å². The van der Waals surface area contributed by atoms with Gasteiger partial charge in [-0.1, -0.05) is 12.1 Å². The van der Waals surface area contributed by atoms with Gasteiger partial charge in [-0.15, -0.1) is 0 Å². The number of carbonyl (C=O) groups is 1. The lowest BCUT2D eigenvalue weighted by atomic mass is 9.96. The number of halogens is 1. The van der Waals surface area contributed by atoms with E-state index in [1.807, 2.05) is 29.2 Å². The van der Waals surface area contributed by atoms with Crippen molar-refractivity contribution >= 4 is 17.3 Å². The maximum atomic E-state index is 13.2. The van der Waals surface area contributed by atoms with E-state index < -0.39 is 6.10 Å². The Hall–Kier alpha value is -2.44. The van der Waals surface area contributed by atoms with Crippen molar-refractivity contribution in [3.05, 3.63) is 59.4 Å². The minimum absolute atomic E-state index is 0.212. The van der Waals surface area contributed by atoms with E-state index in [1.54, 1.807) is 0 Å². The summed E-state index contributed by atoms with van der Waals surface area (Å²) in [5.74, 6) is 0.286. The summed E-state index contributed by atoms with van der Waals surface area (Å²) in [6.45, 7) is 4.86. The summed E-state index contributed by atoms with van der Waals surface area (Å²) < 4.78 is 13.2. The normalized spacial score (nSPS) is 20.5. The zero-order chi connectivity index (χ0) is 21.4. The number of carbonyl (C=O) groups excluding carboxylic acids is 1. The van der Waals surface area contributed by atoms with Crippen molar-refractivity contribution in [2.24, 2.45) is 5.92 Å². The van der Waals surface area contributed by atoms with Gasteiger partial charge in [0.2, 0.25) is 5.91 Å². The number of aliphatic hydroxyl groups is 1. The fourth-order valence-corrected chi connectivity index (χ4v) is 4.79. The molecule has 1 saturated heterocycles. The topological polar surface area (TPSA) is 47.0 Å². The number of aryl methyl sites for hydroxylation is 1. The molecule has 1 saturated carbocycles. The first-order valence-corrected chi connectivity index (χ1v) is 11.4. The number of benzene rings is 2. The molecule has 1 aliphatic carbocycles. The predicted molar refractivity (Wildman–Crippen MR) is 120 cm³/mol. The second-order valence-corrected chi connectivity index (χ2v) is 9.04. The van der Waals surface area contributed by atoms with Gasteiger partial charge in [-0.2, -0.15) is 0 Å². The first kappa shape index (κ1) is 20.5. The van der Waals surface area contributed by atoms with Crippen molar-refractivity contribution in [3.63, 3.8) is 0 Å². The molecular weight excluding hydrogens is 393 g/mol. The van der Waals surface area contributed by atoms with Crippen molar-refractivity contribution in [1.82, 2.24) is 4.90 Å². The first-order valence-electron chi connectivity index (χ1n) is 11.4. The third kappa shape index (κ3) is 4.46. The summed E-state index contributed by atoms with van der Waals surface area (Å²) >= 11 is 0. The van der Waals surface area contributed by atoms with E-state index in [1.165, 1.54) is 17.7 Å². The van der Waals surface area contributed by atoms with Crippen molar-refractivity contribution in [3.8, 4) is 0 Å². The molecule has 3 aliphatic rings. The molecule has 2 fully saturated rings. The lowest BCUT2D eigenvalue weighted by Gasteiger charge is -2.37. The highest BCUT2D eigenvalue weighted by molar-refractivity contribution is 5.97. The average molecular weight is 424 g/mol. The molecule has 0 spiro atoms. The van der Waals surface area contributed by atoms with Gasteiger partial charge in [-0.05, 0) is 67.1 Å². The van der Waals surface area contributed by atoms with Crippen molar-refractivity contribution in [2.75, 3.05) is 49.1 Å². The second kappa shape index (κ2) is 8.60. The number of rotatable bonds is 5. The quantitative estimate of drug-likeness (QED) is 0.801. The fraction of sp³-hybridized carbons (Fsp3) is 0.480. The molecule has 31 heavy (non-hydrogen) atoms. The third-order valence-corrected chi connectivity index (χ3v) is 6.79. The Balaban J connectivity index is 1.20. The fourth-order valence-electron chi connectivity index (χ4n) is 4.79. The number of β-amino-alcohol motifs (C(OH)–C–C–N with tert-alkyl or cyclic N) is 1. The average Bonchev–Trinajstić information content (AvgIpc) is 3.64. The standard InChI is InChI=1S/C25H30FN3O2/c26-21-6-8-22(9-7-21)28-14-12-27(13-15-28)17-24(30)20-5-10-23-19(16-20)2-1-11-29(23)25(31)18-3-4-18/h5-10,16,18,24,30H,1-4,11-15,17H2. The van der Waals surface area contributed by atoms with Crippen LogP contribution in [0.15, 0.2) is 42.5 Å². The summed E-state index contributed by atoms with van der Waals surface area (Å²) in [5, 5.41) is 10.9. The number of piperazine rings is 1. The maximum absolute atomic E-state index is 13.2. The van der Waals surface area contributed by atoms with Crippen LogP contribution < -0.4 is 9.80 Å². The van der Waals surface area contributed by atoms with Crippen LogP contribution in [-0.2, 0) is 11.2 Å². The van der Waals surface area contributed by atoms with Crippen molar-refractivity contribution in [2.45, 2.75) is 31.8 Å². The molecule has 1 N–H and O–H groups in total. The van der Waals surface area contributed by atoms with Crippen molar-refractivity contribution < 1.29 is 14.3 Å². The molecule has 2 aromatic rings. The zero-order valence-electron chi connectivity index (χ0n) is 17.8. The number of fused-ring (bicyclic) bond motifs is 1. The Kier molecular flexibility index (Phi) is 5.67. The molecule has 0 radical (unpaired) electrons. The second-order valence-electron chi connectivity index (χ2n) is 9.04. The van der Waals surface area contributed by atoms with Gasteiger partial charge in [0.1, 0.15) is 5.82 Å². The van der Waals surface area contributed by atoms with Gasteiger partial charge in [0.05, 0.1) is 6.10 Å². The molecule has 1 atom stereocenters. The Morgan fingerprint density at radius 1 is 1.03 bits per heavy atom. The maximum Gasteiger partial charge on any atom is 0.230 e. The summed E-state index contributed by atoms with van der Waals surface area (Å²) in [4.78, 5) is 19.1. The molecule has 1 amide bonds. The molecular formula is C25H30FN3O2. The SMILES string of the molecule is O=C(C1CC1)N1CCCc2cc(C(O)CN3CCN(c4ccc(F)cc4)CC3)ccc21. The van der Waals surface area contributed by atoms with Gasteiger partial charge in [-0.25, -0.2) is 4.39 Å². The summed E-state index contributed by atoms with van der Waals surface area (Å²) in [5.41, 5.74) is 4.19. The zero-order valence-corrected chi connectivity index (χ0v) is 17.8. The van der Waals surface area contributed by atoms with Crippen LogP contribution in [-0.4, -0.2) is 55.2 Å². The predicted octanol–water partition coefficient (Wildman–Crippen LogP) is 3.37. The van der Waals surface area contributed by atoms with E-state index in [9.17, 15) is 14.3 Å². The molecule has 0 aromatic heterocycles. The summed E-state index contributed by atoms with van der Waals surface area (Å²) in [7, 11) is 0. The van der Waals surface area contributed by atoms with Crippen LogP contribution in [0.5, 0.6) is 0 Å². The minimum atomic E-state index is -0.544. The highest BCUT2D eigenvalue weighted by atomic mass is 19.1. The highest BCUT2D eigenvalue weighted by Gasteiger charge is 2.35. The lowest BCUT2D eigenvalue weighted by molar-refractivity contribution is -0.119. The molecule has 5 nitrogen and oxygen atoms in total. The third-order valence-electron chi connectivity index (χ3n) is 6.79. The number of anilines is 2. The van der Waals surface area contributed by atoms with E-state index in [0.717, 1.165) is 75.3 Å². The molecule has 2 aliphatic heterocycles. The first-order chi connectivity index (χ1) is 15.1. The molecule has 2 heterocycles. The van der Waals surface area contributed by atoms with Crippen molar-refractivity contribution in [1.29, 1.82) is 0 Å². The molecule has 0 bridgehead atoms. The lowest BCUT2D eigenvalue weighted by Crippen LogP contribution is -2.47. The van der Waals surface area contributed by atoms with Crippen LogP contribution >= 0.6 is 0 Å². The Bertz CT molecular complexity index is 936. The van der Waals surface area contributed by atoms with Crippen LogP contribution in [0.4, 0.5) is 15.8 Å². The smallest absolute Gasteiger partial charge is 0.230 e. The Morgan fingerprint density at radius 3 is 2.48 bits per heavy atom. The van der Waals surface area contributed by atoms with E-state index in [4.69, 9.17) is 0 Å². The largest absolute Gasteiger partial charge is 0.387 e. The summed E-state index contributed by atoms with van der Waals surface area (Å²) in [6, 6.07) is 12.8. The molecule has 164 valence electrons. The van der Waals surface area contributed by atoms with E-state index in [0.29, 0.717) is 6.54 Å². The highest BCUT2D eigenvalue weighted by Crippen LogP contribution is 2.36. The monoisotopic (exact) mass is 423 g/mol. The van der Waals surface area contributed by atoms with Gasteiger partial charge in [0, 0.05) is 56.6 Å². The van der Waals surface area contributed by atoms with Gasteiger partial charge in [0.15, 0.2) is 0 Å².